The van der Waals surface area contributed by atoms with Crippen molar-refractivity contribution in [3.05, 3.63) is 46.8 Å². The maximum atomic E-state index is 5.99. The van der Waals surface area contributed by atoms with Crippen LogP contribution in [-0.4, -0.2) is 0 Å². The molecule has 2 aromatic rings. The van der Waals surface area contributed by atoms with Gasteiger partial charge in [-0.1, -0.05) is 29.3 Å². The maximum absolute atomic E-state index is 5.99. The molecule has 0 saturated heterocycles. The Kier molecular flexibility index (Phi) is 2.30. The lowest BCUT2D eigenvalue weighted by Crippen LogP contribution is -1.77. The monoisotopic (exact) mass is 212 g/mol. The second-order valence-corrected chi connectivity index (χ2v) is 3.42. The van der Waals surface area contributed by atoms with E-state index in [-0.39, 0.29) is 0 Å². The molecular weight excluding hydrogens is 207 g/mol. The van der Waals surface area contributed by atoms with Crippen molar-refractivity contribution in [2.24, 2.45) is 0 Å². The van der Waals surface area contributed by atoms with Crippen molar-refractivity contribution in [3.8, 4) is 11.1 Å². The fourth-order valence-electron chi connectivity index (χ4n) is 1.18. The van der Waals surface area contributed by atoms with E-state index in [4.69, 9.17) is 27.6 Å². The zero-order chi connectivity index (χ0) is 9.26. The number of halogens is 2. The highest BCUT2D eigenvalue weighted by molar-refractivity contribution is 6.39. The summed E-state index contributed by atoms with van der Waals surface area (Å²) in [4.78, 5) is 0. The van der Waals surface area contributed by atoms with E-state index in [2.05, 4.69) is 0 Å². The first-order valence-electron chi connectivity index (χ1n) is 3.75. The van der Waals surface area contributed by atoms with Gasteiger partial charge in [-0.2, -0.15) is 0 Å². The van der Waals surface area contributed by atoms with Crippen molar-refractivity contribution in [1.29, 1.82) is 0 Å². The van der Waals surface area contributed by atoms with Crippen LogP contribution in [0.5, 0.6) is 0 Å². The van der Waals surface area contributed by atoms with Crippen LogP contribution in [0.25, 0.3) is 11.1 Å². The van der Waals surface area contributed by atoms with Crippen LogP contribution in [-0.2, 0) is 0 Å². The normalized spacial score (nSPS) is 10.3. The van der Waals surface area contributed by atoms with Crippen molar-refractivity contribution in [3.63, 3.8) is 0 Å². The van der Waals surface area contributed by atoms with Crippen LogP contribution in [0.15, 0.2) is 41.2 Å². The molecule has 3 heteroatoms. The van der Waals surface area contributed by atoms with Crippen LogP contribution < -0.4 is 0 Å². The minimum atomic E-state index is 0.633. The van der Waals surface area contributed by atoms with E-state index in [1.165, 1.54) is 0 Å². The van der Waals surface area contributed by atoms with E-state index in [9.17, 15) is 0 Å². The molecule has 66 valence electrons. The average molecular weight is 213 g/mol. The highest BCUT2D eigenvalue weighted by Gasteiger charge is 2.08. The van der Waals surface area contributed by atoms with E-state index in [0.29, 0.717) is 10.0 Å². The summed E-state index contributed by atoms with van der Waals surface area (Å²) in [6.45, 7) is 0. The molecule has 1 nitrogen and oxygen atoms in total. The lowest BCUT2D eigenvalue weighted by Gasteiger charge is -2.02. The summed E-state index contributed by atoms with van der Waals surface area (Å²) in [7, 11) is 0. The van der Waals surface area contributed by atoms with E-state index in [1.54, 1.807) is 24.7 Å². The molecule has 0 radical (unpaired) electrons. The molecule has 0 aliphatic rings. The van der Waals surface area contributed by atoms with Gasteiger partial charge in [-0.3, -0.25) is 0 Å². The Balaban J connectivity index is 2.64. The van der Waals surface area contributed by atoms with Gasteiger partial charge < -0.3 is 4.42 Å². The quantitative estimate of drug-likeness (QED) is 0.689. The second kappa shape index (κ2) is 3.44. The molecule has 0 bridgehead atoms. The van der Waals surface area contributed by atoms with Gasteiger partial charge in [0, 0.05) is 11.1 Å². The van der Waals surface area contributed by atoms with Gasteiger partial charge in [0.25, 0.3) is 0 Å². The summed E-state index contributed by atoms with van der Waals surface area (Å²) in [6.07, 6.45) is 3.21. The summed E-state index contributed by atoms with van der Waals surface area (Å²) in [5.74, 6) is 0. The molecular formula is C10H6Cl2O. The Bertz CT molecular complexity index is 387. The summed E-state index contributed by atoms with van der Waals surface area (Å²) in [5.41, 5.74) is 1.72. The van der Waals surface area contributed by atoms with E-state index >= 15 is 0 Å². The second-order valence-electron chi connectivity index (χ2n) is 2.61. The van der Waals surface area contributed by atoms with Gasteiger partial charge in [0.2, 0.25) is 0 Å². The molecule has 0 saturated carbocycles. The van der Waals surface area contributed by atoms with E-state index in [1.807, 2.05) is 12.1 Å². The number of furan rings is 1. The Hall–Kier alpha value is -0.920. The Morgan fingerprint density at radius 2 is 1.69 bits per heavy atom. The predicted octanol–water partition coefficient (Wildman–Crippen LogP) is 4.25. The van der Waals surface area contributed by atoms with Crippen molar-refractivity contribution in [2.75, 3.05) is 0 Å². The third-order valence-electron chi connectivity index (χ3n) is 1.77. The van der Waals surface area contributed by atoms with Gasteiger partial charge in [-0.05, 0) is 18.2 Å². The Labute approximate surface area is 85.9 Å². The lowest BCUT2D eigenvalue weighted by atomic mass is 10.1. The smallest absolute Gasteiger partial charge is 0.0982 e. The number of benzene rings is 1. The van der Waals surface area contributed by atoms with Crippen molar-refractivity contribution in [2.45, 2.75) is 0 Å². The summed E-state index contributed by atoms with van der Waals surface area (Å²) in [6, 6.07) is 7.24. The SMILES string of the molecule is Clc1cccc(Cl)c1-c1ccoc1. The van der Waals surface area contributed by atoms with Gasteiger partial charge in [-0.15, -0.1) is 0 Å². The van der Waals surface area contributed by atoms with Crippen LogP contribution in [0.1, 0.15) is 0 Å². The standard InChI is InChI=1S/C10H6Cl2O/c11-8-2-1-3-9(12)10(8)7-4-5-13-6-7/h1-6H. The first kappa shape index (κ1) is 8.67. The van der Waals surface area contributed by atoms with E-state index in [0.717, 1.165) is 11.1 Å². The largest absolute Gasteiger partial charge is 0.472 e. The van der Waals surface area contributed by atoms with Gasteiger partial charge in [0.15, 0.2) is 0 Å². The average Bonchev–Trinajstić information content (AvgIpc) is 2.57. The molecule has 0 aliphatic heterocycles. The molecule has 13 heavy (non-hydrogen) atoms. The third-order valence-corrected chi connectivity index (χ3v) is 2.40. The first-order valence-corrected chi connectivity index (χ1v) is 4.51. The summed E-state index contributed by atoms with van der Waals surface area (Å²) >= 11 is 12.0. The molecule has 0 atom stereocenters. The topological polar surface area (TPSA) is 13.1 Å². The maximum Gasteiger partial charge on any atom is 0.0982 e. The molecule has 0 spiro atoms. The van der Waals surface area contributed by atoms with Crippen molar-refractivity contribution >= 4 is 23.2 Å². The minimum absolute atomic E-state index is 0.633. The molecule has 0 fully saturated rings. The van der Waals surface area contributed by atoms with Crippen LogP contribution in [0.2, 0.25) is 10.0 Å². The number of hydrogen-bond acceptors (Lipinski definition) is 1. The van der Waals surface area contributed by atoms with Gasteiger partial charge in [-0.25, -0.2) is 0 Å². The van der Waals surface area contributed by atoms with Crippen LogP contribution in [0, 0.1) is 0 Å². The van der Waals surface area contributed by atoms with Crippen LogP contribution >= 0.6 is 23.2 Å². The van der Waals surface area contributed by atoms with Gasteiger partial charge in [0.1, 0.15) is 0 Å². The van der Waals surface area contributed by atoms with Crippen LogP contribution in [0.3, 0.4) is 0 Å². The third kappa shape index (κ3) is 1.58. The van der Waals surface area contributed by atoms with Crippen molar-refractivity contribution < 1.29 is 4.42 Å². The summed E-state index contributed by atoms with van der Waals surface area (Å²) < 4.78 is 4.96. The molecule has 0 aliphatic carbocycles. The zero-order valence-electron chi connectivity index (χ0n) is 6.63. The molecule has 0 unspecified atom stereocenters. The zero-order valence-corrected chi connectivity index (χ0v) is 8.14. The fraction of sp³-hybridized carbons (Fsp3) is 0. The number of rotatable bonds is 1. The molecule has 2 rings (SSSR count). The Morgan fingerprint density at radius 1 is 1.00 bits per heavy atom. The van der Waals surface area contributed by atoms with Gasteiger partial charge in [0.05, 0.1) is 22.6 Å². The molecule has 1 aromatic heterocycles. The highest BCUT2D eigenvalue weighted by atomic mass is 35.5. The van der Waals surface area contributed by atoms with Crippen LogP contribution in [0.4, 0.5) is 0 Å². The lowest BCUT2D eigenvalue weighted by molar-refractivity contribution is 0.568. The minimum Gasteiger partial charge on any atom is -0.472 e. The van der Waals surface area contributed by atoms with Gasteiger partial charge >= 0.3 is 0 Å². The predicted molar refractivity (Wildman–Crippen MR) is 54.2 cm³/mol. The molecule has 0 N–H and O–H groups in total. The summed E-state index contributed by atoms with van der Waals surface area (Å²) in [5, 5.41) is 1.27. The molecule has 0 amide bonds. The number of hydrogen-bond donors (Lipinski definition) is 0. The molecule has 1 heterocycles. The Morgan fingerprint density at radius 3 is 2.23 bits per heavy atom. The first-order chi connectivity index (χ1) is 6.29. The fourth-order valence-corrected chi connectivity index (χ4v) is 1.80. The van der Waals surface area contributed by atoms with Crippen molar-refractivity contribution in [1.82, 2.24) is 0 Å². The highest BCUT2D eigenvalue weighted by Crippen LogP contribution is 2.34. The molecule has 1 aromatic carbocycles. The van der Waals surface area contributed by atoms with E-state index < -0.39 is 0 Å².